The molecule has 4 rings (SSSR count). The van der Waals surface area contributed by atoms with Gasteiger partial charge in [0.25, 0.3) is 5.89 Å². The zero-order chi connectivity index (χ0) is 24.1. The van der Waals surface area contributed by atoms with Crippen LogP contribution in [0.2, 0.25) is 0 Å². The van der Waals surface area contributed by atoms with Gasteiger partial charge in [-0.05, 0) is 38.4 Å². The molecule has 10 nitrogen and oxygen atoms in total. The van der Waals surface area contributed by atoms with Gasteiger partial charge in [0, 0.05) is 30.4 Å². The highest BCUT2D eigenvalue weighted by Crippen LogP contribution is 2.23. The number of hydrogen-bond donors (Lipinski definition) is 1. The molecule has 0 atom stereocenters. The fourth-order valence-electron chi connectivity index (χ4n) is 3.06. The summed E-state index contributed by atoms with van der Waals surface area (Å²) in [4.78, 5) is 18.4. The van der Waals surface area contributed by atoms with Gasteiger partial charge in [0.05, 0.1) is 24.0 Å². The van der Waals surface area contributed by atoms with Crippen LogP contribution >= 0.6 is 0 Å². The second-order valence-corrected chi connectivity index (χ2v) is 7.77. The van der Waals surface area contributed by atoms with Crippen LogP contribution in [0.15, 0.2) is 53.2 Å². The van der Waals surface area contributed by atoms with Crippen LogP contribution in [0.1, 0.15) is 24.4 Å². The first-order valence-corrected chi connectivity index (χ1v) is 10.4. The van der Waals surface area contributed by atoms with Crippen LogP contribution < -0.4 is 5.32 Å². The van der Waals surface area contributed by atoms with E-state index in [0.717, 1.165) is 5.56 Å². The topological polar surface area (TPSA) is 115 Å². The maximum Gasteiger partial charge on any atom is 0.314 e. The molecule has 0 spiro atoms. The van der Waals surface area contributed by atoms with Crippen LogP contribution in [0.5, 0.6) is 0 Å². The van der Waals surface area contributed by atoms with Crippen molar-refractivity contribution in [2.45, 2.75) is 19.4 Å². The molecule has 0 fully saturated rings. The molecule has 1 aromatic carbocycles. The molecule has 0 aliphatic heterocycles. The quantitative estimate of drug-likeness (QED) is 0.398. The minimum Gasteiger partial charge on any atom is -0.415 e. The number of nitrogens with zero attached hydrogens (tertiary/aromatic N) is 7. The van der Waals surface area contributed by atoms with Gasteiger partial charge in [-0.1, -0.05) is 17.3 Å². The summed E-state index contributed by atoms with van der Waals surface area (Å²) in [6.45, 7) is 1.01. The zero-order valence-electron chi connectivity index (χ0n) is 18.5. The third-order valence-electron chi connectivity index (χ3n) is 4.79. The van der Waals surface area contributed by atoms with Crippen LogP contribution in [0.3, 0.4) is 0 Å². The van der Waals surface area contributed by atoms with Crippen molar-refractivity contribution in [2.75, 3.05) is 26.0 Å². The highest BCUT2D eigenvalue weighted by Gasteiger charge is 2.17. The van der Waals surface area contributed by atoms with Crippen LogP contribution in [-0.2, 0) is 11.3 Å². The first-order valence-electron chi connectivity index (χ1n) is 10.4. The summed E-state index contributed by atoms with van der Waals surface area (Å²) in [5.74, 6) is -0.813. The van der Waals surface area contributed by atoms with Crippen LogP contribution in [0, 0.1) is 0 Å². The highest BCUT2D eigenvalue weighted by atomic mass is 19.3. The lowest BCUT2D eigenvalue weighted by Crippen LogP contribution is -2.20. The number of halogens is 2. The van der Waals surface area contributed by atoms with Crippen molar-refractivity contribution in [3.63, 3.8) is 0 Å². The van der Waals surface area contributed by atoms with Crippen LogP contribution in [0.4, 0.5) is 14.5 Å². The number of benzene rings is 1. The fraction of sp³-hybridized carbons (Fsp3) is 0.273. The monoisotopic (exact) mass is 468 g/mol. The van der Waals surface area contributed by atoms with E-state index in [1.165, 1.54) is 6.20 Å². The largest absolute Gasteiger partial charge is 0.415 e. The standard InChI is InChI=1S/C22H22F2N8O2/c1-31(2)9-8-19(33)26-16-5-3-4-14(10-16)18-13-32(30-27-18)12-17-7-6-15(11-25-17)21-28-29-22(34-21)20(23)24/h3-7,10-11,13,20H,8-9,12H2,1-2H3,(H,26,33). The van der Waals surface area contributed by atoms with E-state index in [1.54, 1.807) is 23.0 Å². The summed E-state index contributed by atoms with van der Waals surface area (Å²) in [5, 5.41) is 18.2. The number of aromatic nitrogens is 6. The number of rotatable bonds is 9. The molecular formula is C22H22F2N8O2. The SMILES string of the molecule is CN(C)CCC(=O)Nc1cccc(-c2cn(Cc3ccc(-c4nnc(C(F)F)o4)cn3)nn2)c1. The smallest absolute Gasteiger partial charge is 0.314 e. The molecule has 0 bridgehead atoms. The Labute approximate surface area is 193 Å². The van der Waals surface area contributed by atoms with Gasteiger partial charge in [0.2, 0.25) is 11.8 Å². The molecule has 1 N–H and O–H groups in total. The van der Waals surface area contributed by atoms with Crippen molar-refractivity contribution in [2.24, 2.45) is 0 Å². The number of pyridine rings is 1. The number of carbonyl (C=O) groups is 1. The van der Waals surface area contributed by atoms with E-state index in [4.69, 9.17) is 4.42 Å². The van der Waals surface area contributed by atoms with Gasteiger partial charge in [-0.25, -0.2) is 4.68 Å². The molecule has 0 saturated heterocycles. The van der Waals surface area contributed by atoms with E-state index in [-0.39, 0.29) is 11.8 Å². The average Bonchev–Trinajstić information content (AvgIpc) is 3.49. The molecule has 0 radical (unpaired) electrons. The number of amides is 1. The minimum atomic E-state index is -2.82. The van der Waals surface area contributed by atoms with E-state index in [9.17, 15) is 13.6 Å². The van der Waals surface area contributed by atoms with Crippen molar-refractivity contribution in [1.82, 2.24) is 35.1 Å². The summed E-state index contributed by atoms with van der Waals surface area (Å²) >= 11 is 0. The summed E-state index contributed by atoms with van der Waals surface area (Å²) in [6.07, 6.45) is 0.822. The van der Waals surface area contributed by atoms with Crippen LogP contribution in [-0.4, -0.2) is 61.6 Å². The normalized spacial score (nSPS) is 11.4. The second kappa shape index (κ2) is 10.3. The lowest BCUT2D eigenvalue weighted by Gasteiger charge is -2.10. The van der Waals surface area contributed by atoms with Crippen molar-refractivity contribution < 1.29 is 18.0 Å². The van der Waals surface area contributed by atoms with Gasteiger partial charge in [-0.15, -0.1) is 15.3 Å². The summed E-state index contributed by atoms with van der Waals surface area (Å²) in [5.41, 5.74) is 3.25. The predicted octanol–water partition coefficient (Wildman–Crippen LogP) is 3.27. The van der Waals surface area contributed by atoms with Gasteiger partial charge >= 0.3 is 6.43 Å². The molecular weight excluding hydrogens is 446 g/mol. The number of nitrogens with one attached hydrogen (secondary N) is 1. The Balaban J connectivity index is 1.40. The van der Waals surface area contributed by atoms with E-state index < -0.39 is 12.3 Å². The Kier molecular flexibility index (Phi) is 6.97. The van der Waals surface area contributed by atoms with Gasteiger partial charge < -0.3 is 14.6 Å². The Bertz CT molecular complexity index is 1250. The van der Waals surface area contributed by atoms with Crippen LogP contribution in [0.25, 0.3) is 22.7 Å². The molecule has 0 saturated carbocycles. The van der Waals surface area contributed by atoms with Crippen molar-refractivity contribution >= 4 is 11.6 Å². The molecule has 1 amide bonds. The maximum atomic E-state index is 12.6. The van der Waals surface area contributed by atoms with Gasteiger partial charge in [-0.3, -0.25) is 9.78 Å². The number of hydrogen-bond acceptors (Lipinski definition) is 8. The Morgan fingerprint density at radius 1 is 1.15 bits per heavy atom. The summed E-state index contributed by atoms with van der Waals surface area (Å²) < 4.78 is 31.8. The fourth-order valence-corrected chi connectivity index (χ4v) is 3.06. The Hall–Kier alpha value is -4.06. The third-order valence-corrected chi connectivity index (χ3v) is 4.79. The van der Waals surface area contributed by atoms with E-state index in [1.807, 2.05) is 43.3 Å². The maximum absolute atomic E-state index is 12.6. The molecule has 0 unspecified atom stereocenters. The highest BCUT2D eigenvalue weighted by molar-refractivity contribution is 5.91. The second-order valence-electron chi connectivity index (χ2n) is 7.77. The molecule has 3 aromatic heterocycles. The van der Waals surface area contributed by atoms with E-state index in [0.29, 0.717) is 42.1 Å². The van der Waals surface area contributed by atoms with Gasteiger partial charge in [0.15, 0.2) is 0 Å². The molecule has 4 aromatic rings. The van der Waals surface area contributed by atoms with Gasteiger partial charge in [-0.2, -0.15) is 8.78 Å². The molecule has 3 heterocycles. The number of carbonyl (C=O) groups excluding carboxylic acids is 1. The van der Waals surface area contributed by atoms with E-state index in [2.05, 4.69) is 30.8 Å². The zero-order valence-corrected chi connectivity index (χ0v) is 18.5. The molecule has 0 aliphatic rings. The lowest BCUT2D eigenvalue weighted by atomic mass is 10.1. The van der Waals surface area contributed by atoms with Crippen molar-refractivity contribution in [1.29, 1.82) is 0 Å². The first kappa shape index (κ1) is 23.1. The van der Waals surface area contributed by atoms with Crippen molar-refractivity contribution in [3.05, 3.63) is 60.4 Å². The van der Waals surface area contributed by atoms with Gasteiger partial charge in [0.1, 0.15) is 5.69 Å². The average molecular weight is 468 g/mol. The predicted molar refractivity (Wildman–Crippen MR) is 119 cm³/mol. The lowest BCUT2D eigenvalue weighted by molar-refractivity contribution is -0.116. The number of anilines is 1. The first-order chi connectivity index (χ1) is 16.4. The van der Waals surface area contributed by atoms with Crippen molar-refractivity contribution in [3.8, 4) is 22.7 Å². The third kappa shape index (κ3) is 5.84. The summed E-state index contributed by atoms with van der Waals surface area (Å²) in [6, 6.07) is 10.8. The molecule has 176 valence electrons. The number of alkyl halides is 2. The summed E-state index contributed by atoms with van der Waals surface area (Å²) in [7, 11) is 3.83. The van der Waals surface area contributed by atoms with E-state index >= 15 is 0 Å². The Morgan fingerprint density at radius 3 is 2.71 bits per heavy atom. The molecule has 0 aliphatic carbocycles. The molecule has 34 heavy (non-hydrogen) atoms. The Morgan fingerprint density at radius 2 is 2.00 bits per heavy atom. The molecule has 12 heteroatoms. The minimum absolute atomic E-state index is 0.0221.